The number of aromatic nitrogens is 1. The van der Waals surface area contributed by atoms with E-state index in [0.717, 1.165) is 33.3 Å². The number of aromatic amines is 1. The summed E-state index contributed by atoms with van der Waals surface area (Å²) in [4.78, 5) is 30.2. The van der Waals surface area contributed by atoms with Gasteiger partial charge in [-0.05, 0) is 48.7 Å². The molecule has 0 bridgehead atoms. The molecule has 0 aliphatic rings. The number of fused-ring (bicyclic) bond motifs is 1. The van der Waals surface area contributed by atoms with Crippen LogP contribution in [0.1, 0.15) is 30.9 Å². The standard InChI is InChI=1S/C29H29NO5/c1-4-34-28(31)26(29(32)35-5-2)24(19-15-17-21(33-3)18-16-19)25-22-13-9-10-14-23(22)30-27(25)20-11-7-6-8-12-20/h6-18,24,26,30H,4-5H2,1-3H3. The average molecular weight is 472 g/mol. The molecule has 1 unspecified atom stereocenters. The first kappa shape index (κ1) is 24.1. The number of para-hydroxylation sites is 1. The van der Waals surface area contributed by atoms with Gasteiger partial charge in [0.2, 0.25) is 0 Å². The zero-order valence-electron chi connectivity index (χ0n) is 20.1. The maximum atomic E-state index is 13.3. The molecule has 0 aliphatic carbocycles. The van der Waals surface area contributed by atoms with E-state index in [4.69, 9.17) is 14.2 Å². The summed E-state index contributed by atoms with van der Waals surface area (Å²) in [6.45, 7) is 3.76. The van der Waals surface area contributed by atoms with Crippen LogP contribution >= 0.6 is 0 Å². The Hall–Kier alpha value is -4.06. The van der Waals surface area contributed by atoms with Gasteiger partial charge in [0.1, 0.15) is 5.75 Å². The van der Waals surface area contributed by atoms with Crippen molar-refractivity contribution in [1.29, 1.82) is 0 Å². The van der Waals surface area contributed by atoms with Crippen molar-refractivity contribution in [3.05, 3.63) is 90.0 Å². The van der Waals surface area contributed by atoms with Crippen LogP contribution in [0.3, 0.4) is 0 Å². The Morgan fingerprint density at radius 3 is 2.00 bits per heavy atom. The van der Waals surface area contributed by atoms with Gasteiger partial charge in [-0.3, -0.25) is 9.59 Å². The number of methoxy groups -OCH3 is 1. The Balaban J connectivity index is 2.03. The van der Waals surface area contributed by atoms with Gasteiger partial charge < -0.3 is 19.2 Å². The van der Waals surface area contributed by atoms with E-state index in [1.807, 2.05) is 78.9 Å². The van der Waals surface area contributed by atoms with Gasteiger partial charge in [0.05, 0.1) is 26.0 Å². The second-order valence-electron chi connectivity index (χ2n) is 8.06. The molecule has 0 fully saturated rings. The highest BCUT2D eigenvalue weighted by Gasteiger charge is 2.41. The van der Waals surface area contributed by atoms with Crippen molar-refractivity contribution in [2.45, 2.75) is 19.8 Å². The zero-order chi connectivity index (χ0) is 24.8. The summed E-state index contributed by atoms with van der Waals surface area (Å²) in [5, 5.41) is 0.922. The molecule has 180 valence electrons. The van der Waals surface area contributed by atoms with Gasteiger partial charge in [0, 0.05) is 16.8 Å². The molecular weight excluding hydrogens is 442 g/mol. The van der Waals surface area contributed by atoms with Crippen molar-refractivity contribution >= 4 is 22.8 Å². The molecule has 1 atom stereocenters. The van der Waals surface area contributed by atoms with Gasteiger partial charge in [0.25, 0.3) is 0 Å². The molecule has 0 saturated heterocycles. The van der Waals surface area contributed by atoms with Crippen LogP contribution in [0.4, 0.5) is 0 Å². The van der Waals surface area contributed by atoms with Crippen LogP contribution < -0.4 is 4.74 Å². The fourth-order valence-electron chi connectivity index (χ4n) is 4.49. The zero-order valence-corrected chi connectivity index (χ0v) is 20.1. The van der Waals surface area contributed by atoms with E-state index in [1.165, 1.54) is 0 Å². The smallest absolute Gasteiger partial charge is 0.321 e. The molecule has 0 saturated carbocycles. The Morgan fingerprint density at radius 1 is 0.800 bits per heavy atom. The summed E-state index contributed by atoms with van der Waals surface area (Å²) in [6.07, 6.45) is 0. The Morgan fingerprint density at radius 2 is 1.40 bits per heavy atom. The van der Waals surface area contributed by atoms with Crippen LogP contribution in [-0.2, 0) is 19.1 Å². The maximum Gasteiger partial charge on any atom is 0.321 e. The molecule has 1 aromatic heterocycles. The van der Waals surface area contributed by atoms with E-state index in [1.54, 1.807) is 21.0 Å². The number of carbonyl (C=O) groups is 2. The predicted octanol–water partition coefficient (Wildman–Crippen LogP) is 5.72. The molecule has 1 N–H and O–H groups in total. The number of esters is 2. The number of nitrogens with one attached hydrogen (secondary N) is 1. The number of hydrogen-bond acceptors (Lipinski definition) is 5. The number of ether oxygens (including phenoxy) is 3. The van der Waals surface area contributed by atoms with Gasteiger partial charge in [0.15, 0.2) is 5.92 Å². The van der Waals surface area contributed by atoms with Crippen LogP contribution in [0.2, 0.25) is 0 Å². The molecule has 6 heteroatoms. The van der Waals surface area contributed by atoms with Gasteiger partial charge >= 0.3 is 11.9 Å². The number of H-pyrrole nitrogens is 1. The number of hydrogen-bond donors (Lipinski definition) is 1. The fourth-order valence-corrected chi connectivity index (χ4v) is 4.49. The van der Waals surface area contributed by atoms with E-state index in [0.29, 0.717) is 5.75 Å². The summed E-state index contributed by atoms with van der Waals surface area (Å²) in [5.74, 6) is -2.40. The van der Waals surface area contributed by atoms with Crippen molar-refractivity contribution in [1.82, 2.24) is 4.98 Å². The topological polar surface area (TPSA) is 77.6 Å². The average Bonchev–Trinajstić information content (AvgIpc) is 3.27. The largest absolute Gasteiger partial charge is 0.497 e. The van der Waals surface area contributed by atoms with Gasteiger partial charge in [-0.25, -0.2) is 0 Å². The molecule has 4 rings (SSSR count). The quantitative estimate of drug-likeness (QED) is 0.250. The van der Waals surface area contributed by atoms with Crippen molar-refractivity contribution in [2.75, 3.05) is 20.3 Å². The lowest BCUT2D eigenvalue weighted by Crippen LogP contribution is -2.34. The van der Waals surface area contributed by atoms with E-state index >= 15 is 0 Å². The first-order chi connectivity index (χ1) is 17.1. The molecule has 4 aromatic rings. The summed E-state index contributed by atoms with van der Waals surface area (Å²) in [6, 6.07) is 25.2. The molecule has 1 heterocycles. The highest BCUT2D eigenvalue weighted by Crippen LogP contribution is 2.43. The second kappa shape index (κ2) is 10.9. The van der Waals surface area contributed by atoms with Crippen LogP contribution in [0.5, 0.6) is 5.75 Å². The summed E-state index contributed by atoms with van der Waals surface area (Å²) in [5.41, 5.74) is 4.31. The SMILES string of the molecule is CCOC(=O)C(C(=O)OCC)C(c1ccc(OC)cc1)c1c(-c2ccccc2)[nH]c2ccccc12. The summed E-state index contributed by atoms with van der Waals surface area (Å²) in [7, 11) is 1.60. The number of rotatable bonds is 9. The molecule has 35 heavy (non-hydrogen) atoms. The number of carbonyl (C=O) groups excluding carboxylic acids is 2. The van der Waals surface area contributed by atoms with Crippen molar-refractivity contribution in [2.24, 2.45) is 5.92 Å². The lowest BCUT2D eigenvalue weighted by atomic mass is 9.78. The Bertz CT molecular complexity index is 1280. The van der Waals surface area contributed by atoms with Gasteiger partial charge in [-0.15, -0.1) is 0 Å². The Labute approximate surface area is 204 Å². The highest BCUT2D eigenvalue weighted by molar-refractivity contribution is 6.00. The summed E-state index contributed by atoms with van der Waals surface area (Å²) < 4.78 is 16.1. The van der Waals surface area contributed by atoms with E-state index < -0.39 is 23.8 Å². The second-order valence-corrected chi connectivity index (χ2v) is 8.06. The van der Waals surface area contributed by atoms with E-state index in [-0.39, 0.29) is 13.2 Å². The normalized spacial score (nSPS) is 11.9. The van der Waals surface area contributed by atoms with Crippen molar-refractivity contribution < 1.29 is 23.8 Å². The van der Waals surface area contributed by atoms with Crippen LogP contribution in [0.25, 0.3) is 22.2 Å². The van der Waals surface area contributed by atoms with E-state index in [9.17, 15) is 9.59 Å². The molecule has 6 nitrogen and oxygen atoms in total. The third kappa shape index (κ3) is 4.92. The predicted molar refractivity (Wildman–Crippen MR) is 135 cm³/mol. The van der Waals surface area contributed by atoms with Crippen molar-refractivity contribution in [3.63, 3.8) is 0 Å². The lowest BCUT2D eigenvalue weighted by Gasteiger charge is -2.26. The Kier molecular flexibility index (Phi) is 7.51. The minimum absolute atomic E-state index is 0.156. The minimum Gasteiger partial charge on any atom is -0.497 e. The lowest BCUT2D eigenvalue weighted by molar-refractivity contribution is -0.162. The molecule has 0 radical (unpaired) electrons. The third-order valence-electron chi connectivity index (χ3n) is 6.01. The van der Waals surface area contributed by atoms with Crippen LogP contribution in [-0.4, -0.2) is 37.2 Å². The van der Waals surface area contributed by atoms with Gasteiger partial charge in [-0.2, -0.15) is 0 Å². The number of benzene rings is 3. The molecule has 0 amide bonds. The fraction of sp³-hybridized carbons (Fsp3) is 0.241. The molecular formula is C29H29NO5. The molecule has 0 spiro atoms. The summed E-state index contributed by atoms with van der Waals surface area (Å²) >= 11 is 0. The van der Waals surface area contributed by atoms with Crippen molar-refractivity contribution in [3.8, 4) is 17.0 Å². The molecule has 0 aliphatic heterocycles. The van der Waals surface area contributed by atoms with Crippen LogP contribution in [0.15, 0.2) is 78.9 Å². The van der Waals surface area contributed by atoms with Crippen LogP contribution in [0, 0.1) is 5.92 Å². The highest BCUT2D eigenvalue weighted by atomic mass is 16.6. The molecule has 3 aromatic carbocycles. The monoisotopic (exact) mass is 471 g/mol. The maximum absolute atomic E-state index is 13.3. The van der Waals surface area contributed by atoms with Gasteiger partial charge in [-0.1, -0.05) is 60.7 Å². The van der Waals surface area contributed by atoms with E-state index in [2.05, 4.69) is 4.98 Å². The minimum atomic E-state index is -1.19. The first-order valence-electron chi connectivity index (χ1n) is 11.7. The first-order valence-corrected chi connectivity index (χ1v) is 11.7. The third-order valence-corrected chi connectivity index (χ3v) is 6.01.